The molecular formula is C26H17ClFN3O2S. The van der Waals surface area contributed by atoms with Crippen LogP contribution in [0.15, 0.2) is 102 Å². The lowest BCUT2D eigenvalue weighted by molar-refractivity contribution is 0.599. The van der Waals surface area contributed by atoms with E-state index in [1.165, 1.54) is 12.1 Å². The highest BCUT2D eigenvalue weighted by Crippen LogP contribution is 2.27. The summed E-state index contributed by atoms with van der Waals surface area (Å²) in [6.07, 6.45) is 1.72. The quantitative estimate of drug-likeness (QED) is 0.303. The van der Waals surface area contributed by atoms with Crippen molar-refractivity contribution < 1.29 is 12.8 Å². The van der Waals surface area contributed by atoms with Gasteiger partial charge in [-0.25, -0.2) is 17.8 Å². The molecule has 1 N–H and O–H groups in total. The molecule has 0 aliphatic rings. The van der Waals surface area contributed by atoms with E-state index in [4.69, 9.17) is 11.6 Å². The maximum absolute atomic E-state index is 13.1. The molecule has 8 heteroatoms. The zero-order chi connectivity index (χ0) is 23.7. The fourth-order valence-electron chi connectivity index (χ4n) is 3.51. The average molecular weight is 490 g/mol. The molecule has 1 heterocycles. The van der Waals surface area contributed by atoms with E-state index in [1.54, 1.807) is 30.5 Å². The molecule has 0 radical (unpaired) electrons. The lowest BCUT2D eigenvalue weighted by atomic mass is 10.0. The average Bonchev–Trinajstić information content (AvgIpc) is 2.84. The predicted octanol–water partition coefficient (Wildman–Crippen LogP) is 6.56. The van der Waals surface area contributed by atoms with Gasteiger partial charge in [0.05, 0.1) is 27.8 Å². The van der Waals surface area contributed by atoms with Crippen molar-refractivity contribution in [2.45, 2.75) is 4.90 Å². The SMILES string of the molecule is O=S(=O)(Nc1ccc(-c2ccc(-c3cnc4cc(Cl)ccc4n3)cc2)cc1)c1ccc(F)cc1. The van der Waals surface area contributed by atoms with E-state index in [0.717, 1.165) is 45.6 Å². The standard InChI is InChI=1S/C26H17ClFN3O2S/c27-20-7-14-24-25(15-20)29-16-26(30-24)19-3-1-17(2-4-19)18-5-10-22(11-6-18)31-34(32,33)23-12-8-21(28)9-13-23/h1-16,31H. The number of nitrogens with zero attached hydrogens (tertiary/aromatic N) is 2. The highest BCUT2D eigenvalue weighted by Gasteiger charge is 2.14. The second-order valence-corrected chi connectivity index (χ2v) is 9.72. The smallest absolute Gasteiger partial charge is 0.261 e. The highest BCUT2D eigenvalue weighted by atomic mass is 35.5. The maximum Gasteiger partial charge on any atom is 0.261 e. The highest BCUT2D eigenvalue weighted by molar-refractivity contribution is 7.92. The monoisotopic (exact) mass is 489 g/mol. The Labute approximate surface area is 201 Å². The van der Waals surface area contributed by atoms with E-state index < -0.39 is 15.8 Å². The second-order valence-electron chi connectivity index (χ2n) is 7.60. The molecule has 0 amide bonds. The van der Waals surface area contributed by atoms with Crippen molar-refractivity contribution in [2.24, 2.45) is 0 Å². The van der Waals surface area contributed by atoms with Crippen molar-refractivity contribution in [2.75, 3.05) is 4.72 Å². The number of benzene rings is 4. The van der Waals surface area contributed by atoms with Crippen LogP contribution in [0.25, 0.3) is 33.4 Å². The van der Waals surface area contributed by atoms with Crippen molar-refractivity contribution in [3.8, 4) is 22.4 Å². The van der Waals surface area contributed by atoms with E-state index >= 15 is 0 Å². The van der Waals surface area contributed by atoms with Gasteiger partial charge in [0.25, 0.3) is 10.0 Å². The Morgan fingerprint density at radius 3 is 2.03 bits per heavy atom. The molecule has 0 aliphatic carbocycles. The summed E-state index contributed by atoms with van der Waals surface area (Å²) in [4.78, 5) is 9.09. The zero-order valence-electron chi connectivity index (χ0n) is 17.6. The van der Waals surface area contributed by atoms with Crippen LogP contribution >= 0.6 is 11.6 Å². The number of aromatic nitrogens is 2. The topological polar surface area (TPSA) is 72.0 Å². The van der Waals surface area contributed by atoms with Gasteiger partial charge in [0.1, 0.15) is 5.82 Å². The maximum atomic E-state index is 13.1. The Kier molecular flexibility index (Phi) is 5.73. The number of anilines is 1. The lowest BCUT2D eigenvalue weighted by Crippen LogP contribution is -2.12. The second kappa shape index (κ2) is 8.85. The van der Waals surface area contributed by atoms with Gasteiger partial charge in [-0.3, -0.25) is 9.71 Å². The molecule has 0 bridgehead atoms. The molecule has 0 aliphatic heterocycles. The van der Waals surface area contributed by atoms with Crippen LogP contribution in [0.3, 0.4) is 0 Å². The minimum atomic E-state index is -3.80. The van der Waals surface area contributed by atoms with Gasteiger partial charge in [-0.15, -0.1) is 0 Å². The van der Waals surface area contributed by atoms with Crippen LogP contribution in [0, 0.1) is 5.82 Å². The molecule has 0 saturated carbocycles. The van der Waals surface area contributed by atoms with Crippen molar-refractivity contribution in [1.82, 2.24) is 9.97 Å². The Morgan fingerprint density at radius 2 is 1.35 bits per heavy atom. The third-order valence-electron chi connectivity index (χ3n) is 5.28. The number of nitrogens with one attached hydrogen (secondary N) is 1. The van der Waals surface area contributed by atoms with Gasteiger partial charge in [-0.2, -0.15) is 0 Å². The molecule has 4 aromatic carbocycles. The predicted molar refractivity (Wildman–Crippen MR) is 133 cm³/mol. The zero-order valence-corrected chi connectivity index (χ0v) is 19.2. The molecule has 34 heavy (non-hydrogen) atoms. The van der Waals surface area contributed by atoms with E-state index in [0.29, 0.717) is 10.7 Å². The van der Waals surface area contributed by atoms with Gasteiger partial charge < -0.3 is 0 Å². The number of rotatable bonds is 5. The van der Waals surface area contributed by atoms with Crippen LogP contribution in [0.2, 0.25) is 5.02 Å². The van der Waals surface area contributed by atoms with Crippen LogP contribution in [0.4, 0.5) is 10.1 Å². The summed E-state index contributed by atoms with van der Waals surface area (Å²) in [7, 11) is -3.80. The molecule has 5 rings (SSSR count). The minimum Gasteiger partial charge on any atom is -0.280 e. The van der Waals surface area contributed by atoms with Crippen LogP contribution in [0.1, 0.15) is 0 Å². The summed E-state index contributed by atoms with van der Waals surface area (Å²) in [6.45, 7) is 0. The van der Waals surface area contributed by atoms with Gasteiger partial charge in [0, 0.05) is 16.3 Å². The van der Waals surface area contributed by atoms with Crippen molar-refractivity contribution in [1.29, 1.82) is 0 Å². The summed E-state index contributed by atoms with van der Waals surface area (Å²) in [6, 6.07) is 25.0. The summed E-state index contributed by atoms with van der Waals surface area (Å²) < 4.78 is 40.6. The summed E-state index contributed by atoms with van der Waals surface area (Å²) in [5, 5.41) is 0.619. The van der Waals surface area contributed by atoms with E-state index in [2.05, 4.69) is 14.7 Å². The Morgan fingerprint density at radius 1 is 0.735 bits per heavy atom. The van der Waals surface area contributed by atoms with Crippen molar-refractivity contribution in [3.63, 3.8) is 0 Å². The van der Waals surface area contributed by atoms with Crippen LogP contribution < -0.4 is 4.72 Å². The molecule has 5 aromatic rings. The normalized spacial score (nSPS) is 11.5. The number of halogens is 2. The first-order valence-electron chi connectivity index (χ1n) is 10.3. The molecule has 168 valence electrons. The van der Waals surface area contributed by atoms with E-state index in [9.17, 15) is 12.8 Å². The van der Waals surface area contributed by atoms with E-state index in [1.807, 2.05) is 42.5 Å². The first kappa shape index (κ1) is 22.0. The van der Waals surface area contributed by atoms with Crippen LogP contribution in [-0.2, 0) is 10.0 Å². The fraction of sp³-hybridized carbons (Fsp3) is 0. The van der Waals surface area contributed by atoms with Crippen molar-refractivity contribution in [3.05, 3.63) is 108 Å². The van der Waals surface area contributed by atoms with Crippen molar-refractivity contribution >= 4 is 38.3 Å². The minimum absolute atomic E-state index is 0.00606. The van der Waals surface area contributed by atoms with Gasteiger partial charge in [0.15, 0.2) is 0 Å². The first-order valence-corrected chi connectivity index (χ1v) is 12.2. The number of hydrogen-bond acceptors (Lipinski definition) is 4. The molecule has 0 unspecified atom stereocenters. The number of fused-ring (bicyclic) bond motifs is 1. The van der Waals surface area contributed by atoms with Gasteiger partial charge >= 0.3 is 0 Å². The first-order chi connectivity index (χ1) is 16.4. The molecule has 0 fully saturated rings. The number of hydrogen-bond donors (Lipinski definition) is 1. The molecule has 5 nitrogen and oxygen atoms in total. The largest absolute Gasteiger partial charge is 0.280 e. The lowest BCUT2D eigenvalue weighted by Gasteiger charge is -2.09. The third kappa shape index (κ3) is 4.62. The Bertz CT molecular complexity index is 1590. The van der Waals surface area contributed by atoms with Gasteiger partial charge in [-0.1, -0.05) is 48.0 Å². The molecule has 1 aromatic heterocycles. The summed E-state index contributed by atoms with van der Waals surface area (Å²) >= 11 is 6.01. The van der Waals surface area contributed by atoms with Gasteiger partial charge in [0.2, 0.25) is 0 Å². The summed E-state index contributed by atoms with van der Waals surface area (Å²) in [5.41, 5.74) is 5.50. The molecular weight excluding hydrogens is 473 g/mol. The molecule has 0 atom stereocenters. The van der Waals surface area contributed by atoms with Gasteiger partial charge in [-0.05, 0) is 65.7 Å². The Balaban J connectivity index is 1.34. The number of sulfonamides is 1. The molecule has 0 saturated heterocycles. The fourth-order valence-corrected chi connectivity index (χ4v) is 4.74. The van der Waals surface area contributed by atoms with Crippen LogP contribution in [0.5, 0.6) is 0 Å². The van der Waals surface area contributed by atoms with Crippen LogP contribution in [-0.4, -0.2) is 18.4 Å². The third-order valence-corrected chi connectivity index (χ3v) is 6.91. The Hall–Kier alpha value is -3.81. The molecule has 0 spiro atoms. The summed E-state index contributed by atoms with van der Waals surface area (Å²) in [5.74, 6) is -0.494. The van der Waals surface area contributed by atoms with E-state index in [-0.39, 0.29) is 4.90 Å².